The van der Waals surface area contributed by atoms with Crippen LogP contribution in [0.5, 0.6) is 5.75 Å². The van der Waals surface area contributed by atoms with Crippen LogP contribution in [0.25, 0.3) is 0 Å². The number of para-hydroxylation sites is 1. The molecular weight excluding hydrogens is 253 g/mol. The lowest BCUT2D eigenvalue weighted by atomic mass is 9.83. The van der Waals surface area contributed by atoms with Gasteiger partial charge in [0.1, 0.15) is 0 Å². The molecule has 1 unspecified atom stereocenters. The van der Waals surface area contributed by atoms with Crippen molar-refractivity contribution in [2.75, 3.05) is 13.2 Å². The van der Waals surface area contributed by atoms with E-state index in [0.29, 0.717) is 12.4 Å². The third kappa shape index (κ3) is 3.95. The molecule has 0 aliphatic heterocycles. The molecule has 0 amide bonds. The molecule has 1 aromatic carbocycles. The maximum atomic E-state index is 14.0. The topological polar surface area (TPSA) is 21.3 Å². The van der Waals surface area contributed by atoms with Crippen LogP contribution in [-0.2, 0) is 0 Å². The van der Waals surface area contributed by atoms with Gasteiger partial charge in [0, 0.05) is 11.6 Å². The number of hydrogen-bond donors (Lipinski definition) is 1. The van der Waals surface area contributed by atoms with Crippen LogP contribution in [0.3, 0.4) is 0 Å². The van der Waals surface area contributed by atoms with Gasteiger partial charge >= 0.3 is 0 Å². The zero-order chi connectivity index (χ0) is 14.4. The quantitative estimate of drug-likeness (QED) is 0.759. The minimum absolute atomic E-state index is 0.115. The Morgan fingerprint density at radius 1 is 1.40 bits per heavy atom. The van der Waals surface area contributed by atoms with E-state index in [1.807, 2.05) is 6.07 Å². The first-order chi connectivity index (χ1) is 9.72. The molecule has 0 radical (unpaired) electrons. The van der Waals surface area contributed by atoms with Crippen LogP contribution in [0.1, 0.15) is 57.6 Å². The van der Waals surface area contributed by atoms with Gasteiger partial charge in [0.15, 0.2) is 11.6 Å². The lowest BCUT2D eigenvalue weighted by molar-refractivity contribution is 0.214. The van der Waals surface area contributed by atoms with Crippen molar-refractivity contribution in [2.24, 2.45) is 5.92 Å². The first-order valence-electron chi connectivity index (χ1n) is 7.87. The number of ether oxygens (including phenoxy) is 1. The second-order valence-electron chi connectivity index (χ2n) is 5.77. The van der Waals surface area contributed by atoms with E-state index >= 15 is 0 Å². The van der Waals surface area contributed by atoms with E-state index in [1.54, 1.807) is 6.07 Å². The molecule has 1 fully saturated rings. The molecule has 1 aromatic rings. The summed E-state index contributed by atoms with van der Waals surface area (Å²) < 4.78 is 19.8. The molecule has 0 bridgehead atoms. The molecule has 0 saturated heterocycles. The average molecular weight is 279 g/mol. The summed E-state index contributed by atoms with van der Waals surface area (Å²) in [6, 6.07) is 5.31. The average Bonchev–Trinajstić information content (AvgIpc) is 2.40. The monoisotopic (exact) mass is 279 g/mol. The molecule has 1 N–H and O–H groups in total. The molecule has 112 valence electrons. The smallest absolute Gasteiger partial charge is 0.165 e. The Balaban J connectivity index is 1.97. The van der Waals surface area contributed by atoms with Crippen LogP contribution in [-0.4, -0.2) is 13.2 Å². The third-order valence-corrected chi connectivity index (χ3v) is 4.16. The van der Waals surface area contributed by atoms with Gasteiger partial charge in [0.2, 0.25) is 0 Å². The molecule has 3 heteroatoms. The van der Waals surface area contributed by atoms with Crippen LogP contribution < -0.4 is 10.1 Å². The number of benzene rings is 1. The Labute approximate surface area is 121 Å². The highest BCUT2D eigenvalue weighted by Crippen LogP contribution is 2.31. The lowest BCUT2D eigenvalue weighted by Crippen LogP contribution is -2.21. The van der Waals surface area contributed by atoms with Crippen molar-refractivity contribution in [3.05, 3.63) is 29.6 Å². The molecule has 0 heterocycles. The first kappa shape index (κ1) is 15.3. The van der Waals surface area contributed by atoms with Crippen molar-refractivity contribution in [1.29, 1.82) is 0 Å². The third-order valence-electron chi connectivity index (χ3n) is 4.16. The van der Waals surface area contributed by atoms with Gasteiger partial charge in [-0.3, -0.25) is 0 Å². The van der Waals surface area contributed by atoms with Crippen molar-refractivity contribution >= 4 is 0 Å². The molecule has 1 atom stereocenters. The molecule has 0 aromatic heterocycles. The van der Waals surface area contributed by atoms with E-state index in [9.17, 15) is 4.39 Å². The summed E-state index contributed by atoms with van der Waals surface area (Å²) in [4.78, 5) is 0. The van der Waals surface area contributed by atoms with E-state index < -0.39 is 0 Å². The van der Waals surface area contributed by atoms with E-state index in [4.69, 9.17) is 4.74 Å². The fraction of sp³-hybridized carbons (Fsp3) is 0.647. The highest BCUT2D eigenvalue weighted by Gasteiger charge is 2.19. The molecule has 0 spiro atoms. The van der Waals surface area contributed by atoms with Gasteiger partial charge in [-0.1, -0.05) is 38.3 Å². The number of nitrogens with one attached hydrogen (secondary N) is 1. The number of halogens is 1. The Kier molecular flexibility index (Phi) is 5.84. The maximum absolute atomic E-state index is 14.0. The van der Waals surface area contributed by atoms with E-state index in [1.165, 1.54) is 25.3 Å². The van der Waals surface area contributed by atoms with Crippen molar-refractivity contribution < 1.29 is 9.13 Å². The highest BCUT2D eigenvalue weighted by atomic mass is 19.1. The normalized spacial score (nSPS) is 16.8. The van der Waals surface area contributed by atoms with Gasteiger partial charge in [0.25, 0.3) is 0 Å². The second-order valence-corrected chi connectivity index (χ2v) is 5.77. The molecule has 20 heavy (non-hydrogen) atoms. The summed E-state index contributed by atoms with van der Waals surface area (Å²) in [5, 5.41) is 3.39. The SMILES string of the molecule is CCCNC(C)c1cccc(F)c1OCCC1CCC1. The van der Waals surface area contributed by atoms with Gasteiger partial charge in [0.05, 0.1) is 6.61 Å². The van der Waals surface area contributed by atoms with Crippen LogP contribution in [0.4, 0.5) is 4.39 Å². The Hall–Kier alpha value is -1.09. The lowest BCUT2D eigenvalue weighted by Gasteiger charge is -2.25. The summed E-state index contributed by atoms with van der Waals surface area (Å²) >= 11 is 0. The summed E-state index contributed by atoms with van der Waals surface area (Å²) in [5.41, 5.74) is 0.923. The minimum Gasteiger partial charge on any atom is -0.490 e. The van der Waals surface area contributed by atoms with E-state index in [-0.39, 0.29) is 11.9 Å². The van der Waals surface area contributed by atoms with E-state index in [2.05, 4.69) is 19.2 Å². The standard InChI is InChI=1S/C17H26FNO/c1-3-11-19-13(2)15-8-5-9-16(18)17(15)20-12-10-14-6-4-7-14/h5,8-9,13-14,19H,3-4,6-7,10-12H2,1-2H3. The molecule has 1 saturated carbocycles. The van der Waals surface area contributed by atoms with Crippen molar-refractivity contribution in [3.8, 4) is 5.75 Å². The van der Waals surface area contributed by atoms with Crippen molar-refractivity contribution in [2.45, 2.75) is 52.0 Å². The Bertz CT molecular complexity index is 417. The first-order valence-corrected chi connectivity index (χ1v) is 7.87. The fourth-order valence-corrected chi connectivity index (χ4v) is 2.60. The van der Waals surface area contributed by atoms with Gasteiger partial charge in [-0.05, 0) is 38.3 Å². The number of hydrogen-bond acceptors (Lipinski definition) is 2. The highest BCUT2D eigenvalue weighted by molar-refractivity contribution is 5.37. The predicted molar refractivity (Wildman–Crippen MR) is 80.6 cm³/mol. The van der Waals surface area contributed by atoms with Gasteiger partial charge in [-0.15, -0.1) is 0 Å². The molecule has 2 nitrogen and oxygen atoms in total. The largest absolute Gasteiger partial charge is 0.490 e. The molecule has 1 aliphatic rings. The number of rotatable bonds is 8. The van der Waals surface area contributed by atoms with Crippen LogP contribution in [0, 0.1) is 11.7 Å². The molecule has 2 rings (SSSR count). The minimum atomic E-state index is -0.249. The molecular formula is C17H26FNO. The summed E-state index contributed by atoms with van der Waals surface area (Å²) in [5.74, 6) is 0.977. The second kappa shape index (κ2) is 7.63. The van der Waals surface area contributed by atoms with Gasteiger partial charge in [-0.2, -0.15) is 0 Å². The summed E-state index contributed by atoms with van der Waals surface area (Å²) in [6.07, 6.45) is 6.07. The maximum Gasteiger partial charge on any atom is 0.165 e. The predicted octanol–water partition coefficient (Wildman–Crippen LogP) is 4.46. The molecule has 1 aliphatic carbocycles. The van der Waals surface area contributed by atoms with Crippen molar-refractivity contribution in [3.63, 3.8) is 0 Å². The Morgan fingerprint density at radius 3 is 2.85 bits per heavy atom. The summed E-state index contributed by atoms with van der Waals surface area (Å²) in [6.45, 7) is 5.74. The van der Waals surface area contributed by atoms with Crippen LogP contribution in [0.15, 0.2) is 18.2 Å². The summed E-state index contributed by atoms with van der Waals surface area (Å²) in [7, 11) is 0. The van der Waals surface area contributed by atoms with E-state index in [0.717, 1.165) is 30.9 Å². The van der Waals surface area contributed by atoms with Crippen molar-refractivity contribution in [1.82, 2.24) is 5.32 Å². The van der Waals surface area contributed by atoms with Gasteiger partial charge in [-0.25, -0.2) is 4.39 Å². The Morgan fingerprint density at radius 2 is 2.20 bits per heavy atom. The fourth-order valence-electron chi connectivity index (χ4n) is 2.60. The zero-order valence-electron chi connectivity index (χ0n) is 12.6. The van der Waals surface area contributed by atoms with Crippen LogP contribution >= 0.6 is 0 Å². The zero-order valence-corrected chi connectivity index (χ0v) is 12.6. The van der Waals surface area contributed by atoms with Crippen LogP contribution in [0.2, 0.25) is 0 Å². The van der Waals surface area contributed by atoms with Gasteiger partial charge < -0.3 is 10.1 Å².